The highest BCUT2D eigenvalue weighted by molar-refractivity contribution is 7.93. The smallest absolute Gasteiger partial charge is 0.229 e. The Bertz CT molecular complexity index is 1390. The maximum Gasteiger partial charge on any atom is 0.243 e. The van der Waals surface area contributed by atoms with Gasteiger partial charge in [0.05, 0.1) is 57.0 Å². The van der Waals surface area contributed by atoms with Gasteiger partial charge in [-0.25, -0.2) is 33.7 Å². The van der Waals surface area contributed by atoms with Gasteiger partial charge in [-0.3, -0.25) is 0 Å². The van der Waals surface area contributed by atoms with Crippen LogP contribution in [0.3, 0.4) is 0 Å². The number of benzene rings is 2. The van der Waals surface area contributed by atoms with E-state index in [1.165, 1.54) is 48.5 Å². The van der Waals surface area contributed by atoms with E-state index in [1.807, 2.05) is 0 Å². The van der Waals surface area contributed by atoms with Crippen LogP contribution in [0.2, 0.25) is 0 Å². The molecule has 4 atom stereocenters. The van der Waals surface area contributed by atoms with Crippen LogP contribution in [0.25, 0.3) is 0 Å². The second-order valence-electron chi connectivity index (χ2n) is 8.72. The fourth-order valence-electron chi connectivity index (χ4n) is 5.23. The molecule has 5 rings (SSSR count). The van der Waals surface area contributed by atoms with Crippen molar-refractivity contribution < 1.29 is 33.7 Å². The van der Waals surface area contributed by atoms with Crippen LogP contribution in [-0.4, -0.2) is 89.5 Å². The molecule has 10 nitrogen and oxygen atoms in total. The molecule has 0 bridgehead atoms. The van der Waals surface area contributed by atoms with Crippen LogP contribution in [0, 0.1) is 0 Å². The van der Waals surface area contributed by atoms with Crippen LogP contribution in [0.5, 0.6) is 0 Å². The zero-order valence-corrected chi connectivity index (χ0v) is 21.0. The first kappa shape index (κ1) is 23.9. The van der Waals surface area contributed by atoms with E-state index in [4.69, 9.17) is 0 Å². The minimum Gasteiger partial charge on any atom is -0.229 e. The Morgan fingerprint density at radius 3 is 1.06 bits per heavy atom. The summed E-state index contributed by atoms with van der Waals surface area (Å²) in [5.41, 5.74) is 0. The van der Waals surface area contributed by atoms with Gasteiger partial charge in [-0.05, 0) is 24.3 Å². The first-order valence-corrected chi connectivity index (χ1v) is 16.9. The number of rotatable bonds is 4. The maximum atomic E-state index is 13.7. The largest absolute Gasteiger partial charge is 0.243 e. The fraction of sp³-hybridized carbons (Fsp3) is 0.400. The first-order chi connectivity index (χ1) is 15.8. The Kier molecular flexibility index (Phi) is 5.50. The van der Waals surface area contributed by atoms with Crippen LogP contribution < -0.4 is 0 Å². The highest BCUT2D eigenvalue weighted by Gasteiger charge is 2.63. The summed E-state index contributed by atoms with van der Waals surface area (Å²) >= 11 is 0. The third-order valence-electron chi connectivity index (χ3n) is 6.53. The van der Waals surface area contributed by atoms with Crippen molar-refractivity contribution in [1.82, 2.24) is 8.61 Å². The monoisotopic (exact) mass is 546 g/mol. The van der Waals surface area contributed by atoms with Crippen LogP contribution in [-0.2, 0) is 39.7 Å². The number of piperazine rings is 1. The maximum absolute atomic E-state index is 13.7. The Labute approximate surface area is 199 Å². The van der Waals surface area contributed by atoms with Gasteiger partial charge in [0.15, 0.2) is 19.7 Å². The Morgan fingerprint density at radius 1 is 0.529 bits per heavy atom. The molecule has 3 aliphatic rings. The van der Waals surface area contributed by atoms with E-state index in [1.54, 1.807) is 12.1 Å². The number of sulfone groups is 2. The Hall–Kier alpha value is -1.84. The molecule has 184 valence electrons. The summed E-state index contributed by atoms with van der Waals surface area (Å²) in [6.45, 7) is 0. The molecular formula is C20H22N2O8S4. The third-order valence-corrected chi connectivity index (χ3v) is 13.9. The molecule has 0 aromatic heterocycles. The number of nitrogens with zero attached hydrogens (tertiary/aromatic N) is 2. The molecule has 2 aromatic carbocycles. The van der Waals surface area contributed by atoms with Crippen molar-refractivity contribution in [3.8, 4) is 0 Å². The molecular weight excluding hydrogens is 524 g/mol. The second-order valence-corrected chi connectivity index (χ2v) is 16.7. The highest BCUT2D eigenvalue weighted by atomic mass is 32.2. The normalized spacial score (nSPS) is 31.1. The minimum absolute atomic E-state index is 0.111. The summed E-state index contributed by atoms with van der Waals surface area (Å²) in [5, 5.41) is 0. The van der Waals surface area contributed by atoms with E-state index in [9.17, 15) is 33.7 Å². The standard InChI is InChI=1S/C20H22N2O8S4/c23-31(24)11-17-19(13-31)22(34(29,30)16-9-5-2-6-10-16)20-14-32(25,26)12-18(20)21(17)33(27,28)15-7-3-1-4-8-15/h1-10,17-20H,11-14H2/t17-,18-,19-,20+/m0/s1. The van der Waals surface area contributed by atoms with Crippen molar-refractivity contribution in [3.63, 3.8) is 0 Å². The number of hydrogen-bond acceptors (Lipinski definition) is 8. The van der Waals surface area contributed by atoms with Crippen LogP contribution in [0.4, 0.5) is 0 Å². The molecule has 0 radical (unpaired) electrons. The van der Waals surface area contributed by atoms with Gasteiger partial charge < -0.3 is 0 Å². The minimum atomic E-state index is -4.32. The van der Waals surface area contributed by atoms with Gasteiger partial charge in [0, 0.05) is 0 Å². The predicted molar refractivity (Wildman–Crippen MR) is 123 cm³/mol. The predicted octanol–water partition coefficient (Wildman–Crippen LogP) is -0.287. The zero-order chi connectivity index (χ0) is 24.5. The van der Waals surface area contributed by atoms with Gasteiger partial charge in [0.1, 0.15) is 0 Å². The van der Waals surface area contributed by atoms with Crippen molar-refractivity contribution >= 4 is 39.7 Å². The van der Waals surface area contributed by atoms with Gasteiger partial charge in [0.25, 0.3) is 0 Å². The lowest BCUT2D eigenvalue weighted by atomic mass is 10.0. The molecule has 0 amide bonds. The van der Waals surface area contributed by atoms with Gasteiger partial charge in [0.2, 0.25) is 20.0 Å². The first-order valence-electron chi connectivity index (χ1n) is 10.4. The molecule has 0 unspecified atom stereocenters. The molecule has 0 N–H and O–H groups in total. The molecule has 0 saturated carbocycles. The molecule has 0 spiro atoms. The fourth-order valence-corrected chi connectivity index (χ4v) is 13.3. The molecule has 3 fully saturated rings. The quantitative estimate of drug-likeness (QED) is 0.509. The van der Waals surface area contributed by atoms with Gasteiger partial charge in [-0.1, -0.05) is 36.4 Å². The van der Waals surface area contributed by atoms with Crippen LogP contribution in [0.1, 0.15) is 0 Å². The summed E-state index contributed by atoms with van der Waals surface area (Å²) < 4.78 is 107. The summed E-state index contributed by atoms with van der Waals surface area (Å²) in [6, 6.07) is 9.67. The average Bonchev–Trinajstić information content (AvgIpc) is 3.25. The Balaban J connectivity index is 1.72. The number of sulfonamides is 2. The average molecular weight is 547 g/mol. The topological polar surface area (TPSA) is 143 Å². The van der Waals surface area contributed by atoms with Gasteiger partial charge in [-0.15, -0.1) is 0 Å². The third kappa shape index (κ3) is 3.80. The van der Waals surface area contributed by atoms with E-state index in [2.05, 4.69) is 0 Å². The highest BCUT2D eigenvalue weighted by Crippen LogP contribution is 2.43. The van der Waals surface area contributed by atoms with E-state index in [0.29, 0.717) is 0 Å². The van der Waals surface area contributed by atoms with Crippen molar-refractivity contribution in [2.24, 2.45) is 0 Å². The van der Waals surface area contributed by atoms with Crippen LogP contribution in [0.15, 0.2) is 70.5 Å². The lowest BCUT2D eigenvalue weighted by Gasteiger charge is -2.48. The number of fused-ring (bicyclic) bond motifs is 2. The molecule has 3 aliphatic heterocycles. The van der Waals surface area contributed by atoms with E-state index in [-0.39, 0.29) is 9.79 Å². The number of hydrogen-bond donors (Lipinski definition) is 0. The summed E-state index contributed by atoms with van der Waals surface area (Å²) in [7, 11) is -16.2. The SMILES string of the molecule is O=S1(=O)C[C@@H]2[C@H](C1)N(S(=O)(=O)c1ccccc1)[C@H]1CS(=O)(=O)C[C@@H]1N2S(=O)(=O)c1ccccc1. The van der Waals surface area contributed by atoms with E-state index in [0.717, 1.165) is 8.61 Å². The zero-order valence-electron chi connectivity index (χ0n) is 17.7. The second kappa shape index (κ2) is 7.83. The summed E-state index contributed by atoms with van der Waals surface area (Å²) in [4.78, 5) is -0.221. The lowest BCUT2D eigenvalue weighted by molar-refractivity contribution is 0.0841. The molecule has 0 aliphatic carbocycles. The summed E-state index contributed by atoms with van der Waals surface area (Å²) in [6.07, 6.45) is 0. The summed E-state index contributed by atoms with van der Waals surface area (Å²) in [5.74, 6) is -2.36. The molecule has 2 aromatic rings. The van der Waals surface area contributed by atoms with Gasteiger partial charge >= 0.3 is 0 Å². The van der Waals surface area contributed by atoms with Gasteiger partial charge in [-0.2, -0.15) is 8.61 Å². The lowest BCUT2D eigenvalue weighted by Crippen LogP contribution is -2.69. The molecule has 14 heteroatoms. The van der Waals surface area contributed by atoms with Crippen molar-refractivity contribution in [3.05, 3.63) is 60.7 Å². The van der Waals surface area contributed by atoms with Crippen molar-refractivity contribution in [2.45, 2.75) is 34.0 Å². The Morgan fingerprint density at radius 2 is 0.794 bits per heavy atom. The van der Waals surface area contributed by atoms with E-state index < -0.39 is 86.9 Å². The van der Waals surface area contributed by atoms with Crippen molar-refractivity contribution in [1.29, 1.82) is 0 Å². The van der Waals surface area contributed by atoms with Crippen LogP contribution >= 0.6 is 0 Å². The molecule has 34 heavy (non-hydrogen) atoms. The van der Waals surface area contributed by atoms with E-state index >= 15 is 0 Å². The molecule has 3 heterocycles. The molecule has 3 saturated heterocycles. The van der Waals surface area contributed by atoms with Crippen molar-refractivity contribution in [2.75, 3.05) is 23.0 Å².